The Morgan fingerprint density at radius 3 is 2.76 bits per heavy atom. The minimum absolute atomic E-state index is 0.0403. The van der Waals surface area contributed by atoms with Crippen molar-refractivity contribution in [2.24, 2.45) is 0 Å². The van der Waals surface area contributed by atoms with Crippen LogP contribution in [-0.2, 0) is 0 Å². The topological polar surface area (TPSA) is 62.6 Å². The Morgan fingerprint density at radius 1 is 1.20 bits per heavy atom. The van der Waals surface area contributed by atoms with Crippen LogP contribution in [-0.4, -0.2) is 38.1 Å². The normalized spacial score (nSPS) is 16.4. The number of carbonyl (C=O) groups excluding carboxylic acids is 1. The van der Waals surface area contributed by atoms with Gasteiger partial charge in [-0.25, -0.2) is 0 Å². The van der Waals surface area contributed by atoms with Crippen molar-refractivity contribution in [3.8, 4) is 17.6 Å². The van der Waals surface area contributed by atoms with E-state index < -0.39 is 0 Å². The van der Waals surface area contributed by atoms with E-state index in [0.29, 0.717) is 24.2 Å². The van der Waals surface area contributed by atoms with Crippen LogP contribution in [0.2, 0.25) is 0 Å². The Bertz CT molecular complexity index is 826. The summed E-state index contributed by atoms with van der Waals surface area (Å²) < 4.78 is 10.8. The van der Waals surface area contributed by atoms with Crippen molar-refractivity contribution in [1.82, 2.24) is 4.90 Å². The van der Waals surface area contributed by atoms with Crippen LogP contribution in [0.25, 0.3) is 0 Å². The summed E-state index contributed by atoms with van der Waals surface area (Å²) >= 11 is 0. The number of benzene rings is 2. The number of ether oxygens (including phenoxy) is 2. The van der Waals surface area contributed by atoms with E-state index in [0.717, 1.165) is 23.5 Å². The minimum Gasteiger partial charge on any atom is -0.497 e. The molecule has 0 N–H and O–H groups in total. The second-order valence-electron chi connectivity index (χ2n) is 6.04. The molecule has 3 rings (SSSR count). The zero-order chi connectivity index (χ0) is 17.8. The standard InChI is InChI=1S/C20H20N2O3/c1-24-17-6-7-19(25-2)18(11-17)16-8-9-22(13-16)20(23)15-5-3-4-14(10-15)12-21/h3-7,10-11,16H,8-9,13H2,1-2H3/t16-/m0/s1. The third kappa shape index (κ3) is 3.43. The Labute approximate surface area is 147 Å². The number of nitrogens with zero attached hydrogens (tertiary/aromatic N) is 2. The molecule has 0 bridgehead atoms. The monoisotopic (exact) mass is 336 g/mol. The number of carbonyl (C=O) groups is 1. The molecular formula is C20H20N2O3. The van der Waals surface area contributed by atoms with Gasteiger partial charge in [0.25, 0.3) is 5.91 Å². The quantitative estimate of drug-likeness (QED) is 0.860. The lowest BCUT2D eigenvalue weighted by Crippen LogP contribution is -2.28. The summed E-state index contributed by atoms with van der Waals surface area (Å²) in [4.78, 5) is 14.6. The SMILES string of the molecule is COc1ccc(OC)c([C@H]2CCN(C(=O)c3cccc(C#N)c3)C2)c1. The van der Waals surface area contributed by atoms with E-state index >= 15 is 0 Å². The molecule has 0 saturated carbocycles. The molecule has 128 valence electrons. The van der Waals surface area contributed by atoms with Crippen molar-refractivity contribution < 1.29 is 14.3 Å². The summed E-state index contributed by atoms with van der Waals surface area (Å²) in [5, 5.41) is 9.01. The highest BCUT2D eigenvalue weighted by Gasteiger charge is 2.30. The molecule has 25 heavy (non-hydrogen) atoms. The fraction of sp³-hybridized carbons (Fsp3) is 0.300. The summed E-state index contributed by atoms with van der Waals surface area (Å²) in [5.41, 5.74) is 2.11. The highest BCUT2D eigenvalue weighted by Crippen LogP contribution is 2.36. The Morgan fingerprint density at radius 2 is 2.04 bits per heavy atom. The van der Waals surface area contributed by atoms with Crippen molar-refractivity contribution in [2.75, 3.05) is 27.3 Å². The van der Waals surface area contributed by atoms with E-state index in [2.05, 4.69) is 6.07 Å². The highest BCUT2D eigenvalue weighted by molar-refractivity contribution is 5.94. The second kappa shape index (κ2) is 7.27. The largest absolute Gasteiger partial charge is 0.497 e. The molecule has 0 radical (unpaired) electrons. The van der Waals surface area contributed by atoms with Crippen molar-refractivity contribution in [3.05, 3.63) is 59.2 Å². The zero-order valence-corrected chi connectivity index (χ0v) is 14.4. The van der Waals surface area contributed by atoms with E-state index in [-0.39, 0.29) is 11.8 Å². The van der Waals surface area contributed by atoms with Crippen molar-refractivity contribution in [2.45, 2.75) is 12.3 Å². The molecule has 0 aliphatic carbocycles. The number of hydrogen-bond acceptors (Lipinski definition) is 4. The van der Waals surface area contributed by atoms with Crippen LogP contribution in [0.15, 0.2) is 42.5 Å². The predicted octanol–water partition coefficient (Wildman–Crippen LogP) is 3.21. The molecule has 2 aromatic rings. The molecule has 1 heterocycles. The molecule has 1 aliphatic heterocycles. The number of nitriles is 1. The van der Waals surface area contributed by atoms with Crippen LogP contribution in [0.4, 0.5) is 0 Å². The van der Waals surface area contributed by atoms with Gasteiger partial charge in [0.15, 0.2) is 0 Å². The maximum Gasteiger partial charge on any atom is 0.253 e. The van der Waals surface area contributed by atoms with Crippen LogP contribution < -0.4 is 9.47 Å². The maximum atomic E-state index is 12.7. The lowest BCUT2D eigenvalue weighted by molar-refractivity contribution is 0.0790. The van der Waals surface area contributed by atoms with E-state index in [1.54, 1.807) is 38.5 Å². The molecule has 1 fully saturated rings. The Hall–Kier alpha value is -3.00. The third-order valence-electron chi connectivity index (χ3n) is 4.59. The first kappa shape index (κ1) is 16.8. The molecule has 0 unspecified atom stereocenters. The molecule has 5 nitrogen and oxygen atoms in total. The first-order chi connectivity index (χ1) is 12.2. The van der Waals surface area contributed by atoms with Crippen LogP contribution in [0, 0.1) is 11.3 Å². The smallest absolute Gasteiger partial charge is 0.253 e. The molecule has 2 aromatic carbocycles. The molecule has 0 spiro atoms. The number of methoxy groups -OCH3 is 2. The van der Waals surface area contributed by atoms with Gasteiger partial charge in [0, 0.05) is 30.1 Å². The summed E-state index contributed by atoms with van der Waals surface area (Å²) in [6.07, 6.45) is 0.868. The van der Waals surface area contributed by atoms with Crippen LogP contribution in [0.5, 0.6) is 11.5 Å². The van der Waals surface area contributed by atoms with Gasteiger partial charge in [-0.2, -0.15) is 5.26 Å². The molecule has 1 amide bonds. The fourth-order valence-electron chi connectivity index (χ4n) is 3.26. The first-order valence-corrected chi connectivity index (χ1v) is 8.17. The van der Waals surface area contributed by atoms with Gasteiger partial charge in [0.05, 0.1) is 25.9 Å². The van der Waals surface area contributed by atoms with Gasteiger partial charge < -0.3 is 14.4 Å². The predicted molar refractivity (Wildman–Crippen MR) is 94.0 cm³/mol. The average molecular weight is 336 g/mol. The minimum atomic E-state index is -0.0403. The van der Waals surface area contributed by atoms with Crippen molar-refractivity contribution in [1.29, 1.82) is 5.26 Å². The zero-order valence-electron chi connectivity index (χ0n) is 14.4. The lowest BCUT2D eigenvalue weighted by atomic mass is 9.97. The van der Waals surface area contributed by atoms with Crippen molar-refractivity contribution in [3.63, 3.8) is 0 Å². The van der Waals surface area contributed by atoms with Gasteiger partial charge in [0.1, 0.15) is 11.5 Å². The summed E-state index contributed by atoms with van der Waals surface area (Å²) in [6, 6.07) is 14.7. The number of hydrogen-bond donors (Lipinski definition) is 0. The highest BCUT2D eigenvalue weighted by atomic mass is 16.5. The van der Waals surface area contributed by atoms with E-state index in [1.807, 2.05) is 23.1 Å². The van der Waals surface area contributed by atoms with Gasteiger partial charge in [-0.3, -0.25) is 4.79 Å². The fourth-order valence-corrected chi connectivity index (χ4v) is 3.26. The third-order valence-corrected chi connectivity index (χ3v) is 4.59. The number of amides is 1. The van der Waals surface area contributed by atoms with Gasteiger partial charge >= 0.3 is 0 Å². The van der Waals surface area contributed by atoms with Crippen LogP contribution in [0.3, 0.4) is 0 Å². The van der Waals surface area contributed by atoms with E-state index in [1.165, 1.54) is 0 Å². The summed E-state index contributed by atoms with van der Waals surface area (Å²) in [6.45, 7) is 1.31. The molecule has 0 aromatic heterocycles. The first-order valence-electron chi connectivity index (χ1n) is 8.17. The number of rotatable bonds is 4. The number of likely N-dealkylation sites (tertiary alicyclic amines) is 1. The summed E-state index contributed by atoms with van der Waals surface area (Å²) in [7, 11) is 3.29. The molecule has 1 saturated heterocycles. The van der Waals surface area contributed by atoms with Gasteiger partial charge in [0.2, 0.25) is 0 Å². The van der Waals surface area contributed by atoms with E-state index in [9.17, 15) is 4.79 Å². The Balaban J connectivity index is 1.80. The Kier molecular flexibility index (Phi) is 4.90. The molecule has 1 aliphatic rings. The summed E-state index contributed by atoms with van der Waals surface area (Å²) in [5.74, 6) is 1.75. The average Bonchev–Trinajstić information content (AvgIpc) is 3.16. The second-order valence-corrected chi connectivity index (χ2v) is 6.04. The van der Waals surface area contributed by atoms with Crippen molar-refractivity contribution >= 4 is 5.91 Å². The van der Waals surface area contributed by atoms with Crippen LogP contribution in [0.1, 0.15) is 33.8 Å². The molecule has 1 atom stereocenters. The lowest BCUT2D eigenvalue weighted by Gasteiger charge is -2.18. The van der Waals surface area contributed by atoms with Gasteiger partial charge in [-0.15, -0.1) is 0 Å². The van der Waals surface area contributed by atoms with Gasteiger partial charge in [-0.1, -0.05) is 6.07 Å². The molecular weight excluding hydrogens is 316 g/mol. The van der Waals surface area contributed by atoms with Crippen LogP contribution >= 0.6 is 0 Å². The van der Waals surface area contributed by atoms with E-state index in [4.69, 9.17) is 14.7 Å². The maximum absolute atomic E-state index is 12.7. The molecule has 5 heteroatoms. The van der Waals surface area contributed by atoms with Gasteiger partial charge in [-0.05, 0) is 42.8 Å².